The van der Waals surface area contributed by atoms with Crippen LogP contribution in [-0.4, -0.2) is 33.0 Å². The van der Waals surface area contributed by atoms with Crippen molar-refractivity contribution in [3.63, 3.8) is 0 Å². The fourth-order valence-electron chi connectivity index (χ4n) is 2.16. The van der Waals surface area contributed by atoms with E-state index in [9.17, 15) is 5.11 Å². The van der Waals surface area contributed by atoms with Crippen LogP contribution in [0.5, 0.6) is 0 Å². The standard InChI is InChI=1S/C11H20N4O/c1-15-10(13-8-14-15)5-11(6-12,7-16)4-9-2-3-9/h8-9,16H,2-7,12H2,1H3. The summed E-state index contributed by atoms with van der Waals surface area (Å²) in [6.45, 7) is 0.639. The summed E-state index contributed by atoms with van der Waals surface area (Å²) >= 11 is 0. The molecule has 1 heterocycles. The highest BCUT2D eigenvalue weighted by Gasteiger charge is 2.36. The fourth-order valence-corrected chi connectivity index (χ4v) is 2.16. The van der Waals surface area contributed by atoms with E-state index in [-0.39, 0.29) is 12.0 Å². The molecule has 0 radical (unpaired) electrons. The number of hydrogen-bond acceptors (Lipinski definition) is 4. The maximum absolute atomic E-state index is 9.61. The molecule has 1 atom stereocenters. The maximum atomic E-state index is 9.61. The topological polar surface area (TPSA) is 77.0 Å². The third-order valence-corrected chi connectivity index (χ3v) is 3.53. The highest BCUT2D eigenvalue weighted by atomic mass is 16.3. The van der Waals surface area contributed by atoms with Gasteiger partial charge in [0.15, 0.2) is 0 Å². The lowest BCUT2D eigenvalue weighted by molar-refractivity contribution is 0.112. The molecule has 1 saturated carbocycles. The van der Waals surface area contributed by atoms with E-state index in [0.717, 1.165) is 18.2 Å². The molecule has 1 unspecified atom stereocenters. The van der Waals surface area contributed by atoms with Gasteiger partial charge in [-0.05, 0) is 12.3 Å². The number of nitrogens with two attached hydrogens (primary N) is 1. The smallest absolute Gasteiger partial charge is 0.138 e. The number of hydrogen-bond donors (Lipinski definition) is 2. The van der Waals surface area contributed by atoms with Gasteiger partial charge in [0, 0.05) is 25.4 Å². The molecular formula is C11H20N4O. The molecule has 5 heteroatoms. The van der Waals surface area contributed by atoms with Crippen molar-refractivity contribution in [1.82, 2.24) is 14.8 Å². The monoisotopic (exact) mass is 224 g/mol. The summed E-state index contributed by atoms with van der Waals surface area (Å²) in [7, 11) is 1.87. The molecule has 5 nitrogen and oxygen atoms in total. The van der Waals surface area contributed by atoms with Gasteiger partial charge >= 0.3 is 0 Å². The average molecular weight is 224 g/mol. The van der Waals surface area contributed by atoms with Gasteiger partial charge in [-0.2, -0.15) is 5.10 Å². The molecule has 0 aliphatic heterocycles. The van der Waals surface area contributed by atoms with Gasteiger partial charge in [0.1, 0.15) is 12.2 Å². The van der Waals surface area contributed by atoms with Crippen molar-refractivity contribution in [2.75, 3.05) is 13.2 Å². The van der Waals surface area contributed by atoms with E-state index in [1.54, 1.807) is 11.0 Å². The van der Waals surface area contributed by atoms with Gasteiger partial charge in [0.2, 0.25) is 0 Å². The molecule has 1 aromatic rings. The second-order valence-corrected chi connectivity index (χ2v) is 4.99. The van der Waals surface area contributed by atoms with Gasteiger partial charge in [0.05, 0.1) is 6.61 Å². The van der Waals surface area contributed by atoms with Crippen LogP contribution in [0.25, 0.3) is 0 Å². The normalized spacial score (nSPS) is 19.7. The summed E-state index contributed by atoms with van der Waals surface area (Å²) in [6, 6.07) is 0. The molecule has 0 bridgehead atoms. The summed E-state index contributed by atoms with van der Waals surface area (Å²) in [5.74, 6) is 1.66. The van der Waals surface area contributed by atoms with Gasteiger partial charge in [-0.25, -0.2) is 4.98 Å². The molecule has 90 valence electrons. The van der Waals surface area contributed by atoms with Crippen molar-refractivity contribution < 1.29 is 5.11 Å². The first-order valence-electron chi connectivity index (χ1n) is 5.83. The molecular weight excluding hydrogens is 204 g/mol. The number of aromatic nitrogens is 3. The largest absolute Gasteiger partial charge is 0.396 e. The summed E-state index contributed by atoms with van der Waals surface area (Å²) in [5.41, 5.74) is 5.64. The van der Waals surface area contributed by atoms with Crippen LogP contribution in [0.4, 0.5) is 0 Å². The van der Waals surface area contributed by atoms with E-state index in [1.807, 2.05) is 7.05 Å². The van der Waals surface area contributed by atoms with E-state index < -0.39 is 0 Å². The Balaban J connectivity index is 2.08. The minimum Gasteiger partial charge on any atom is -0.396 e. The van der Waals surface area contributed by atoms with Crippen LogP contribution in [-0.2, 0) is 13.5 Å². The summed E-state index contributed by atoms with van der Waals surface area (Å²) < 4.78 is 1.76. The molecule has 1 aliphatic rings. The average Bonchev–Trinajstić information content (AvgIpc) is 3.02. The Morgan fingerprint density at radius 3 is 2.81 bits per heavy atom. The number of aryl methyl sites for hydroxylation is 1. The molecule has 16 heavy (non-hydrogen) atoms. The predicted octanol–water partition coefficient (Wildman–Crippen LogP) is 0.0951. The van der Waals surface area contributed by atoms with Crippen molar-refractivity contribution in [3.8, 4) is 0 Å². The summed E-state index contributed by atoms with van der Waals surface area (Å²) in [5, 5.41) is 13.7. The van der Waals surface area contributed by atoms with Crippen LogP contribution in [0.1, 0.15) is 25.1 Å². The molecule has 0 saturated heterocycles. The number of nitrogens with zero attached hydrogens (tertiary/aromatic N) is 3. The van der Waals surface area contributed by atoms with E-state index in [4.69, 9.17) is 5.73 Å². The van der Waals surface area contributed by atoms with Crippen LogP contribution in [0.2, 0.25) is 0 Å². The van der Waals surface area contributed by atoms with E-state index in [2.05, 4.69) is 10.1 Å². The Bertz CT molecular complexity index is 342. The van der Waals surface area contributed by atoms with Crippen molar-refractivity contribution in [2.45, 2.75) is 25.7 Å². The third-order valence-electron chi connectivity index (χ3n) is 3.53. The Morgan fingerprint density at radius 2 is 2.38 bits per heavy atom. The number of rotatable bonds is 6. The second-order valence-electron chi connectivity index (χ2n) is 4.99. The lowest BCUT2D eigenvalue weighted by Gasteiger charge is -2.30. The lowest BCUT2D eigenvalue weighted by atomic mass is 9.80. The van der Waals surface area contributed by atoms with Gasteiger partial charge < -0.3 is 10.8 Å². The van der Waals surface area contributed by atoms with Crippen molar-refractivity contribution in [2.24, 2.45) is 24.1 Å². The molecule has 1 aliphatic carbocycles. The zero-order valence-electron chi connectivity index (χ0n) is 9.76. The van der Waals surface area contributed by atoms with E-state index >= 15 is 0 Å². The first-order valence-corrected chi connectivity index (χ1v) is 5.83. The zero-order valence-corrected chi connectivity index (χ0v) is 9.76. The van der Waals surface area contributed by atoms with Crippen LogP contribution in [0, 0.1) is 11.3 Å². The van der Waals surface area contributed by atoms with Crippen molar-refractivity contribution in [3.05, 3.63) is 12.2 Å². The lowest BCUT2D eigenvalue weighted by Crippen LogP contribution is -2.37. The quantitative estimate of drug-likeness (QED) is 0.718. The maximum Gasteiger partial charge on any atom is 0.138 e. The van der Waals surface area contributed by atoms with Crippen LogP contribution >= 0.6 is 0 Å². The molecule has 1 aromatic heterocycles. The SMILES string of the molecule is Cn1ncnc1CC(CN)(CO)CC1CC1. The predicted molar refractivity (Wildman–Crippen MR) is 60.6 cm³/mol. The summed E-state index contributed by atoms with van der Waals surface area (Å²) in [4.78, 5) is 4.21. The van der Waals surface area contributed by atoms with Crippen LogP contribution in [0.15, 0.2) is 6.33 Å². The molecule has 1 fully saturated rings. The summed E-state index contributed by atoms with van der Waals surface area (Å²) in [6.07, 6.45) is 5.83. The molecule has 0 aromatic carbocycles. The Hall–Kier alpha value is -0.940. The van der Waals surface area contributed by atoms with Gasteiger partial charge in [-0.3, -0.25) is 4.68 Å². The number of aliphatic hydroxyl groups excluding tert-OH is 1. The Morgan fingerprint density at radius 1 is 1.62 bits per heavy atom. The van der Waals surface area contributed by atoms with Crippen LogP contribution < -0.4 is 5.73 Å². The molecule has 0 amide bonds. The van der Waals surface area contributed by atoms with Crippen molar-refractivity contribution >= 4 is 0 Å². The first kappa shape index (κ1) is 11.5. The van der Waals surface area contributed by atoms with Gasteiger partial charge in [-0.1, -0.05) is 12.8 Å². The fraction of sp³-hybridized carbons (Fsp3) is 0.818. The van der Waals surface area contributed by atoms with E-state index in [0.29, 0.717) is 13.0 Å². The number of aliphatic hydroxyl groups is 1. The van der Waals surface area contributed by atoms with Gasteiger partial charge in [-0.15, -0.1) is 0 Å². The molecule has 2 rings (SSSR count). The van der Waals surface area contributed by atoms with Crippen LogP contribution in [0.3, 0.4) is 0 Å². The minimum atomic E-state index is -0.206. The third kappa shape index (κ3) is 2.41. The van der Waals surface area contributed by atoms with Crippen molar-refractivity contribution in [1.29, 1.82) is 0 Å². The zero-order chi connectivity index (χ0) is 11.6. The minimum absolute atomic E-state index is 0.132. The molecule has 0 spiro atoms. The Labute approximate surface area is 95.7 Å². The molecule has 3 N–H and O–H groups in total. The highest BCUT2D eigenvalue weighted by molar-refractivity contribution is 4.96. The van der Waals surface area contributed by atoms with E-state index in [1.165, 1.54) is 12.8 Å². The Kier molecular flexibility index (Phi) is 3.25. The second kappa shape index (κ2) is 4.51. The first-order chi connectivity index (χ1) is 7.69. The van der Waals surface area contributed by atoms with Gasteiger partial charge in [0.25, 0.3) is 0 Å². The highest BCUT2D eigenvalue weighted by Crippen LogP contribution is 2.41.